The molecule has 4 aromatic carbocycles. The molecule has 5 atom stereocenters. The minimum Gasteiger partial charge on any atom is -0.497 e. The van der Waals surface area contributed by atoms with Crippen LogP contribution in [0.1, 0.15) is 67.4 Å². The first-order valence-corrected chi connectivity index (χ1v) is 23.3. The van der Waals surface area contributed by atoms with E-state index in [4.69, 9.17) is 33.0 Å². The molecule has 2 aliphatic rings. The summed E-state index contributed by atoms with van der Waals surface area (Å²) in [6.45, 7) is 8.88. The lowest BCUT2D eigenvalue weighted by atomic mass is 9.84. The number of carbonyl (C=O) groups excluding carboxylic acids is 1. The highest BCUT2D eigenvalue weighted by atomic mass is 32.2. The molecular formula is C48H52N7O7PS. The third-order valence-corrected chi connectivity index (χ3v) is 15.3. The number of imidazole rings is 1. The van der Waals surface area contributed by atoms with Crippen molar-refractivity contribution in [2.24, 2.45) is 0 Å². The first-order chi connectivity index (χ1) is 31.1. The molecule has 1 amide bonds. The van der Waals surface area contributed by atoms with Crippen molar-refractivity contribution in [1.82, 2.24) is 24.2 Å². The molecule has 332 valence electrons. The first-order valence-electron chi connectivity index (χ1n) is 21.2. The summed E-state index contributed by atoms with van der Waals surface area (Å²) in [4.78, 5) is 27.0. The molecule has 4 heterocycles. The van der Waals surface area contributed by atoms with Crippen LogP contribution in [0.5, 0.6) is 11.5 Å². The van der Waals surface area contributed by atoms with Crippen molar-refractivity contribution in [3.05, 3.63) is 144 Å². The number of carbonyl (C=O) groups is 1. The Balaban J connectivity index is 1.23. The maximum atomic E-state index is 13.3. The van der Waals surface area contributed by atoms with Crippen molar-refractivity contribution >= 4 is 43.2 Å². The number of anilines is 1. The number of thioether (sulfide) groups is 1. The van der Waals surface area contributed by atoms with E-state index in [0.29, 0.717) is 22.5 Å². The highest BCUT2D eigenvalue weighted by Gasteiger charge is 2.65. The number of hydrogen-bond acceptors (Lipinski definition) is 13. The zero-order valence-electron chi connectivity index (χ0n) is 36.7. The number of fused-ring (bicyclic) bond motifs is 3. The third kappa shape index (κ3) is 8.84. The predicted molar refractivity (Wildman–Crippen MR) is 247 cm³/mol. The van der Waals surface area contributed by atoms with Gasteiger partial charge in [-0.05, 0) is 80.8 Å². The van der Waals surface area contributed by atoms with E-state index >= 15 is 0 Å². The Kier molecular flexibility index (Phi) is 13.9. The number of ether oxygens (including phenoxy) is 4. The lowest BCUT2D eigenvalue weighted by Crippen LogP contribution is -2.46. The van der Waals surface area contributed by atoms with Crippen LogP contribution >= 0.6 is 20.3 Å². The van der Waals surface area contributed by atoms with Gasteiger partial charge in [0.2, 0.25) is 0 Å². The average molecular weight is 902 g/mol. The molecule has 64 heavy (non-hydrogen) atoms. The average Bonchev–Trinajstić information content (AvgIpc) is 4.00. The minimum absolute atomic E-state index is 0.0601. The second kappa shape index (κ2) is 19.8. The van der Waals surface area contributed by atoms with Gasteiger partial charge in [0.15, 0.2) is 23.2 Å². The molecule has 2 aliphatic heterocycles. The van der Waals surface area contributed by atoms with Gasteiger partial charge in [0, 0.05) is 23.4 Å². The molecular weight excluding hydrogens is 850 g/mol. The van der Waals surface area contributed by atoms with Crippen LogP contribution in [0.15, 0.2) is 122 Å². The van der Waals surface area contributed by atoms with E-state index in [1.54, 1.807) is 56.6 Å². The zero-order chi connectivity index (χ0) is 44.8. The van der Waals surface area contributed by atoms with E-state index in [1.165, 1.54) is 6.33 Å². The number of aromatic nitrogens is 4. The lowest BCUT2D eigenvalue weighted by molar-refractivity contribution is -0.162. The molecule has 16 heteroatoms. The predicted octanol–water partition coefficient (Wildman–Crippen LogP) is 9.15. The number of rotatable bonds is 19. The molecule has 0 aliphatic carbocycles. The molecule has 8 rings (SSSR count). The van der Waals surface area contributed by atoms with E-state index in [-0.39, 0.29) is 43.4 Å². The van der Waals surface area contributed by atoms with Crippen LogP contribution in [0.2, 0.25) is 0 Å². The smallest absolute Gasteiger partial charge is 0.259 e. The van der Waals surface area contributed by atoms with Gasteiger partial charge in [0.05, 0.1) is 51.0 Å². The number of nitriles is 1. The number of amides is 1. The normalized spacial score (nSPS) is 19.9. The fraction of sp³-hybridized carbons (Fsp3) is 0.354. The van der Waals surface area contributed by atoms with Crippen LogP contribution in [0.4, 0.5) is 5.82 Å². The highest BCUT2D eigenvalue weighted by Crippen LogP contribution is 2.59. The van der Waals surface area contributed by atoms with Crippen LogP contribution in [0.3, 0.4) is 0 Å². The van der Waals surface area contributed by atoms with Gasteiger partial charge >= 0.3 is 0 Å². The number of nitrogens with one attached hydrogen (secondary N) is 1. The first kappa shape index (κ1) is 45.1. The van der Waals surface area contributed by atoms with Crippen molar-refractivity contribution in [3.63, 3.8) is 0 Å². The standard InChI is InChI=1S/C48H52N7O7PS/c1-32(2)55(33(3)4)63(60-27-13-26-49)62-42-41-46(54-31-52-40-43(50-30-51-44(40)54)53-45(56)34-14-9-7-10-15-34)61-47(42,28-59-41)29-64-48(35-16-11-8-12-17-35,36-18-22-38(57-5)23-19-36)37-20-24-39(58-6)25-21-37/h7-12,14-25,30-33,41-42,46H,13,27-29H2,1-6H3,(H,50,51,53,56)/t41-,42?,46+,47+,63?/m0/s1. The van der Waals surface area contributed by atoms with Crippen LogP contribution in [0.25, 0.3) is 11.2 Å². The zero-order valence-corrected chi connectivity index (χ0v) is 38.4. The van der Waals surface area contributed by atoms with Crippen molar-refractivity contribution in [3.8, 4) is 17.6 Å². The molecule has 2 bridgehead atoms. The molecule has 2 aromatic heterocycles. The monoisotopic (exact) mass is 901 g/mol. The van der Waals surface area contributed by atoms with E-state index in [9.17, 15) is 10.1 Å². The molecule has 2 saturated heterocycles. The van der Waals surface area contributed by atoms with E-state index in [0.717, 1.165) is 28.2 Å². The van der Waals surface area contributed by atoms with Crippen molar-refractivity contribution in [2.75, 3.05) is 38.5 Å². The van der Waals surface area contributed by atoms with E-state index < -0.39 is 37.3 Å². The summed E-state index contributed by atoms with van der Waals surface area (Å²) in [6, 6.07) is 38.1. The maximum Gasteiger partial charge on any atom is 0.259 e. The number of nitrogens with zero attached hydrogens (tertiary/aromatic N) is 6. The van der Waals surface area contributed by atoms with Gasteiger partial charge in [-0.25, -0.2) is 19.6 Å². The maximum absolute atomic E-state index is 13.3. The highest BCUT2D eigenvalue weighted by molar-refractivity contribution is 8.00. The van der Waals surface area contributed by atoms with Crippen LogP contribution < -0.4 is 14.8 Å². The van der Waals surface area contributed by atoms with Gasteiger partial charge in [-0.3, -0.25) is 9.36 Å². The molecule has 0 spiro atoms. The molecule has 0 saturated carbocycles. The van der Waals surface area contributed by atoms with Gasteiger partial charge in [-0.1, -0.05) is 72.8 Å². The van der Waals surface area contributed by atoms with E-state index in [2.05, 4.69) is 102 Å². The summed E-state index contributed by atoms with van der Waals surface area (Å²) in [6.07, 6.45) is 1.24. The van der Waals surface area contributed by atoms with Crippen LogP contribution in [-0.4, -0.2) is 93.2 Å². The summed E-state index contributed by atoms with van der Waals surface area (Å²) in [7, 11) is 1.61. The number of hydrogen-bond donors (Lipinski definition) is 1. The molecule has 2 fully saturated rings. The largest absolute Gasteiger partial charge is 0.497 e. The molecule has 0 radical (unpaired) electrons. The fourth-order valence-corrected chi connectivity index (χ4v) is 12.0. The van der Waals surface area contributed by atoms with Crippen LogP contribution in [0, 0.1) is 11.3 Å². The summed E-state index contributed by atoms with van der Waals surface area (Å²) >= 11 is 1.73. The second-order valence-corrected chi connectivity index (χ2v) is 18.7. The number of benzene rings is 4. The van der Waals surface area contributed by atoms with Crippen LogP contribution in [-0.2, 0) is 23.3 Å². The van der Waals surface area contributed by atoms with Gasteiger partial charge in [-0.15, -0.1) is 11.8 Å². The Hall–Kier alpha value is -5.43. The van der Waals surface area contributed by atoms with Gasteiger partial charge in [0.25, 0.3) is 14.4 Å². The van der Waals surface area contributed by atoms with Crippen molar-refractivity contribution in [2.45, 2.75) is 75.0 Å². The van der Waals surface area contributed by atoms with Gasteiger partial charge < -0.3 is 33.3 Å². The molecule has 6 aromatic rings. The quantitative estimate of drug-likeness (QED) is 0.0467. The van der Waals surface area contributed by atoms with Gasteiger partial charge in [0.1, 0.15) is 35.6 Å². The van der Waals surface area contributed by atoms with E-state index in [1.807, 2.05) is 41.0 Å². The fourth-order valence-electron chi connectivity index (χ4n) is 8.47. The summed E-state index contributed by atoms with van der Waals surface area (Å²) in [5.41, 5.74) is 3.42. The topological polar surface area (TPSA) is 155 Å². The Morgan fingerprint density at radius 3 is 2.11 bits per heavy atom. The number of methoxy groups -OCH3 is 2. The summed E-state index contributed by atoms with van der Waals surface area (Å²) in [5, 5.41) is 12.4. The third-order valence-electron chi connectivity index (χ3n) is 11.4. The molecule has 2 unspecified atom stereocenters. The second-order valence-electron chi connectivity index (χ2n) is 16.1. The van der Waals surface area contributed by atoms with Crippen molar-refractivity contribution < 1.29 is 32.8 Å². The SMILES string of the molecule is COc1ccc(C(SC[C@]23CO[C@@H](C2OP(OCCC#N)N(C(C)C)C(C)C)[C@H](n2cnc4c(NC(=O)c5ccccc5)ncnc42)O3)(c2ccccc2)c2ccc(OC)cc2)cc1. The summed E-state index contributed by atoms with van der Waals surface area (Å²) < 4.78 is 42.5. The van der Waals surface area contributed by atoms with Gasteiger partial charge in [-0.2, -0.15) is 5.26 Å². The Morgan fingerprint density at radius 2 is 1.52 bits per heavy atom. The Bertz CT molecular complexity index is 2490. The molecule has 14 nitrogen and oxygen atoms in total. The molecule has 1 N–H and O–H groups in total. The minimum atomic E-state index is -1.71. The Morgan fingerprint density at radius 1 is 0.906 bits per heavy atom. The van der Waals surface area contributed by atoms with Crippen molar-refractivity contribution in [1.29, 1.82) is 5.26 Å². The Labute approximate surface area is 379 Å². The summed E-state index contributed by atoms with van der Waals surface area (Å²) in [5.74, 6) is 1.85. The lowest BCUT2D eigenvalue weighted by Gasteiger charge is -2.41.